The molecule has 1 amide bonds. The van der Waals surface area contributed by atoms with Crippen molar-refractivity contribution in [3.05, 3.63) is 46.3 Å². The Balaban J connectivity index is 2.42. The molecule has 5 nitrogen and oxygen atoms in total. The molecule has 5 heteroatoms. The van der Waals surface area contributed by atoms with E-state index in [0.717, 1.165) is 0 Å². The third kappa shape index (κ3) is 2.82. The number of carbonyl (C=O) groups is 1. The van der Waals surface area contributed by atoms with E-state index in [2.05, 4.69) is 0 Å². The summed E-state index contributed by atoms with van der Waals surface area (Å²) >= 11 is 0. The predicted octanol–water partition coefficient (Wildman–Crippen LogP) is 1.25. The summed E-state index contributed by atoms with van der Waals surface area (Å²) in [6.45, 7) is 1.73. The summed E-state index contributed by atoms with van der Waals surface area (Å²) < 4.78 is 5.10. The van der Waals surface area contributed by atoms with E-state index < -0.39 is 17.6 Å². The second kappa shape index (κ2) is 5.24. The Morgan fingerprint density at radius 2 is 2.11 bits per heavy atom. The lowest BCUT2D eigenvalue weighted by atomic mass is 10.1. The minimum Gasteiger partial charge on any atom is -0.422 e. The zero-order valence-corrected chi connectivity index (χ0v) is 10.8. The third-order valence-electron chi connectivity index (χ3n) is 2.76. The summed E-state index contributed by atoms with van der Waals surface area (Å²) in [6, 6.07) is 8.51. The monoisotopic (exact) mass is 261 g/mol. The fourth-order valence-electron chi connectivity index (χ4n) is 1.90. The van der Waals surface area contributed by atoms with Gasteiger partial charge < -0.3 is 14.4 Å². The molecule has 0 radical (unpaired) electrons. The van der Waals surface area contributed by atoms with Crippen LogP contribution in [-0.2, 0) is 0 Å². The Labute approximate surface area is 110 Å². The van der Waals surface area contributed by atoms with Crippen molar-refractivity contribution in [2.45, 2.75) is 13.0 Å². The quantitative estimate of drug-likeness (QED) is 0.844. The number of hydrogen-bond donors (Lipinski definition) is 1. The number of hydrogen-bond acceptors (Lipinski definition) is 4. The number of aliphatic hydroxyl groups excluding tert-OH is 1. The van der Waals surface area contributed by atoms with Crippen LogP contribution in [0.2, 0.25) is 0 Å². The standard InChI is InChI=1S/C14H15NO4/c1-9(16)8-15(2)13(17)11-7-10-5-3-4-6-12(10)19-14(11)18/h3-7,9,16H,8H2,1-2H3. The molecule has 0 saturated heterocycles. The molecule has 1 unspecified atom stereocenters. The number of fused-ring (bicyclic) bond motifs is 1. The Morgan fingerprint density at radius 3 is 2.79 bits per heavy atom. The maximum Gasteiger partial charge on any atom is 0.349 e. The summed E-state index contributed by atoms with van der Waals surface area (Å²) in [5, 5.41) is 9.95. The van der Waals surface area contributed by atoms with E-state index in [0.29, 0.717) is 11.0 Å². The normalized spacial score (nSPS) is 12.4. The van der Waals surface area contributed by atoms with Gasteiger partial charge in [-0.05, 0) is 19.1 Å². The van der Waals surface area contributed by atoms with Crippen LogP contribution in [0.4, 0.5) is 0 Å². The molecule has 2 rings (SSSR count). The molecule has 0 aliphatic rings. The molecular formula is C14H15NO4. The van der Waals surface area contributed by atoms with E-state index in [1.165, 1.54) is 18.0 Å². The average Bonchev–Trinajstić information content (AvgIpc) is 2.36. The van der Waals surface area contributed by atoms with Gasteiger partial charge in [0, 0.05) is 19.0 Å². The number of likely N-dealkylation sites (N-methyl/N-ethyl adjacent to an activating group) is 1. The highest BCUT2D eigenvalue weighted by molar-refractivity contribution is 5.96. The van der Waals surface area contributed by atoms with Gasteiger partial charge in [0.25, 0.3) is 5.91 Å². The van der Waals surface area contributed by atoms with Crippen molar-refractivity contribution in [1.29, 1.82) is 0 Å². The highest BCUT2D eigenvalue weighted by Crippen LogP contribution is 2.13. The van der Waals surface area contributed by atoms with E-state index in [9.17, 15) is 14.7 Å². The second-order valence-electron chi connectivity index (χ2n) is 4.52. The molecule has 0 aliphatic carbocycles. The number of benzene rings is 1. The third-order valence-corrected chi connectivity index (χ3v) is 2.76. The van der Waals surface area contributed by atoms with Crippen molar-refractivity contribution in [2.24, 2.45) is 0 Å². The van der Waals surface area contributed by atoms with Crippen LogP contribution in [0.15, 0.2) is 39.5 Å². The van der Waals surface area contributed by atoms with Gasteiger partial charge in [-0.25, -0.2) is 4.79 Å². The second-order valence-corrected chi connectivity index (χ2v) is 4.52. The van der Waals surface area contributed by atoms with Gasteiger partial charge in [-0.2, -0.15) is 0 Å². The van der Waals surface area contributed by atoms with E-state index in [4.69, 9.17) is 4.42 Å². The first kappa shape index (κ1) is 13.3. The van der Waals surface area contributed by atoms with Crippen LogP contribution in [0.3, 0.4) is 0 Å². The first-order valence-electron chi connectivity index (χ1n) is 5.95. The van der Waals surface area contributed by atoms with Gasteiger partial charge in [-0.1, -0.05) is 18.2 Å². The lowest BCUT2D eigenvalue weighted by Gasteiger charge is -2.18. The maximum atomic E-state index is 12.1. The van der Waals surface area contributed by atoms with Crippen molar-refractivity contribution in [3.8, 4) is 0 Å². The largest absolute Gasteiger partial charge is 0.422 e. The van der Waals surface area contributed by atoms with Gasteiger partial charge in [0.15, 0.2) is 0 Å². The van der Waals surface area contributed by atoms with E-state index >= 15 is 0 Å². The van der Waals surface area contributed by atoms with Gasteiger partial charge in [0.1, 0.15) is 11.1 Å². The van der Waals surface area contributed by atoms with Crippen molar-refractivity contribution in [3.63, 3.8) is 0 Å². The number of aliphatic hydroxyl groups is 1. The van der Waals surface area contributed by atoms with Gasteiger partial charge in [-0.15, -0.1) is 0 Å². The van der Waals surface area contributed by atoms with E-state index in [1.54, 1.807) is 31.2 Å². The van der Waals surface area contributed by atoms with Gasteiger partial charge in [-0.3, -0.25) is 4.79 Å². The first-order chi connectivity index (χ1) is 8.99. The summed E-state index contributed by atoms with van der Waals surface area (Å²) in [4.78, 5) is 25.2. The molecule has 1 aromatic heterocycles. The molecule has 0 aliphatic heterocycles. The zero-order chi connectivity index (χ0) is 14.0. The smallest absolute Gasteiger partial charge is 0.349 e. The summed E-state index contributed by atoms with van der Waals surface area (Å²) in [6.07, 6.45) is -0.651. The average molecular weight is 261 g/mol. The Hall–Kier alpha value is -2.14. The molecular weight excluding hydrogens is 246 g/mol. The molecule has 19 heavy (non-hydrogen) atoms. The number of para-hydroxylation sites is 1. The Kier molecular flexibility index (Phi) is 3.66. The molecule has 1 heterocycles. The molecule has 1 aromatic carbocycles. The lowest BCUT2D eigenvalue weighted by Crippen LogP contribution is -2.35. The van der Waals surface area contributed by atoms with Crippen LogP contribution in [0, 0.1) is 0 Å². The maximum absolute atomic E-state index is 12.1. The summed E-state index contributed by atoms with van der Waals surface area (Å²) in [5.74, 6) is -0.458. The van der Waals surface area contributed by atoms with E-state index in [-0.39, 0.29) is 12.1 Å². The fourth-order valence-corrected chi connectivity index (χ4v) is 1.90. The molecule has 1 N–H and O–H groups in total. The van der Waals surface area contributed by atoms with Crippen LogP contribution < -0.4 is 5.63 Å². The van der Waals surface area contributed by atoms with Crippen molar-refractivity contribution < 1.29 is 14.3 Å². The molecule has 2 aromatic rings. The van der Waals surface area contributed by atoms with Crippen LogP contribution in [-0.4, -0.2) is 35.6 Å². The van der Waals surface area contributed by atoms with Crippen LogP contribution in [0.25, 0.3) is 11.0 Å². The number of rotatable bonds is 3. The summed E-state index contributed by atoms with van der Waals surface area (Å²) in [5.41, 5.74) is -0.245. The highest BCUT2D eigenvalue weighted by atomic mass is 16.4. The number of carbonyl (C=O) groups excluding carboxylic acids is 1. The van der Waals surface area contributed by atoms with Gasteiger partial charge >= 0.3 is 5.63 Å². The molecule has 1 atom stereocenters. The lowest BCUT2D eigenvalue weighted by molar-refractivity contribution is 0.0700. The zero-order valence-electron chi connectivity index (χ0n) is 10.8. The molecule has 0 bridgehead atoms. The number of nitrogens with zero attached hydrogens (tertiary/aromatic N) is 1. The van der Waals surface area contributed by atoms with Crippen LogP contribution in [0.1, 0.15) is 17.3 Å². The molecule has 0 spiro atoms. The topological polar surface area (TPSA) is 70.8 Å². The van der Waals surface area contributed by atoms with Gasteiger partial charge in [0.05, 0.1) is 6.10 Å². The van der Waals surface area contributed by atoms with Crippen LogP contribution in [0.5, 0.6) is 0 Å². The van der Waals surface area contributed by atoms with Crippen LogP contribution >= 0.6 is 0 Å². The first-order valence-corrected chi connectivity index (χ1v) is 5.95. The van der Waals surface area contributed by atoms with Crippen molar-refractivity contribution in [2.75, 3.05) is 13.6 Å². The minimum atomic E-state index is -0.666. The predicted molar refractivity (Wildman–Crippen MR) is 71.1 cm³/mol. The summed E-state index contributed by atoms with van der Waals surface area (Å²) in [7, 11) is 1.53. The SMILES string of the molecule is CC(O)CN(C)C(=O)c1cc2ccccc2oc1=O. The Morgan fingerprint density at radius 1 is 1.42 bits per heavy atom. The van der Waals surface area contributed by atoms with Gasteiger partial charge in [0.2, 0.25) is 0 Å². The molecule has 100 valence electrons. The molecule has 0 saturated carbocycles. The fraction of sp³-hybridized carbons (Fsp3) is 0.286. The highest BCUT2D eigenvalue weighted by Gasteiger charge is 2.18. The molecule has 0 fully saturated rings. The minimum absolute atomic E-state index is 0.0261. The van der Waals surface area contributed by atoms with Crippen molar-refractivity contribution in [1.82, 2.24) is 4.90 Å². The Bertz CT molecular complexity index is 660. The van der Waals surface area contributed by atoms with E-state index in [1.807, 2.05) is 0 Å². The number of amides is 1. The van der Waals surface area contributed by atoms with Crippen molar-refractivity contribution >= 4 is 16.9 Å².